The van der Waals surface area contributed by atoms with E-state index in [1.165, 1.54) is 4.31 Å². The van der Waals surface area contributed by atoms with Gasteiger partial charge in [0.05, 0.1) is 17.5 Å². The van der Waals surface area contributed by atoms with E-state index in [2.05, 4.69) is 15.9 Å². The Morgan fingerprint density at radius 3 is 2.25 bits per heavy atom. The predicted molar refractivity (Wildman–Crippen MR) is 115 cm³/mol. The van der Waals surface area contributed by atoms with E-state index < -0.39 is 10.0 Å². The molecule has 1 atom stereocenters. The van der Waals surface area contributed by atoms with Gasteiger partial charge in [-0.3, -0.25) is 4.99 Å². The molecule has 4 nitrogen and oxygen atoms in total. The van der Waals surface area contributed by atoms with Gasteiger partial charge in [-0.15, -0.1) is 0 Å². The highest BCUT2D eigenvalue weighted by Crippen LogP contribution is 2.34. The predicted octanol–water partition coefficient (Wildman–Crippen LogP) is 4.95. The molecule has 4 rings (SSSR count). The normalized spacial score (nSPS) is 16.9. The summed E-state index contributed by atoms with van der Waals surface area (Å²) in [5.41, 5.74) is 2.77. The van der Waals surface area contributed by atoms with Crippen molar-refractivity contribution < 1.29 is 8.42 Å². The molecule has 28 heavy (non-hydrogen) atoms. The van der Waals surface area contributed by atoms with Crippen molar-refractivity contribution in [1.82, 2.24) is 4.31 Å². The molecule has 1 aliphatic heterocycles. The number of amidine groups is 1. The molecule has 0 saturated carbocycles. The third-order valence-electron chi connectivity index (χ3n) is 4.76. The molecular weight excluding hydrogens is 436 g/mol. The minimum absolute atomic E-state index is 0.267. The summed E-state index contributed by atoms with van der Waals surface area (Å²) in [5, 5.41) is 0. The molecule has 1 heterocycles. The Balaban J connectivity index is 1.81. The first-order valence-electron chi connectivity index (χ1n) is 8.94. The van der Waals surface area contributed by atoms with Crippen LogP contribution >= 0.6 is 15.9 Å². The van der Waals surface area contributed by atoms with Crippen molar-refractivity contribution in [3.63, 3.8) is 0 Å². The molecule has 0 spiro atoms. The molecule has 1 unspecified atom stereocenters. The minimum Gasteiger partial charge on any atom is -0.257 e. The van der Waals surface area contributed by atoms with Crippen molar-refractivity contribution in [2.45, 2.75) is 17.9 Å². The third kappa shape index (κ3) is 3.50. The Labute approximate surface area is 173 Å². The van der Waals surface area contributed by atoms with Gasteiger partial charge in [0, 0.05) is 10.0 Å². The molecule has 0 saturated heterocycles. The molecule has 3 aromatic rings. The first-order valence-corrected chi connectivity index (χ1v) is 11.2. The van der Waals surface area contributed by atoms with Gasteiger partial charge in [0.1, 0.15) is 5.84 Å². The van der Waals surface area contributed by atoms with Gasteiger partial charge in [-0.25, -0.2) is 12.7 Å². The van der Waals surface area contributed by atoms with Crippen LogP contribution in [0.5, 0.6) is 0 Å². The SMILES string of the molecule is Cc1ccc(S(=O)(=O)N2CC(c3ccccc3Br)N=C2c2ccccc2)cc1. The smallest absolute Gasteiger partial charge is 0.257 e. The maximum absolute atomic E-state index is 13.4. The lowest BCUT2D eigenvalue weighted by molar-refractivity contribution is 0.520. The number of sulfonamides is 1. The Hall–Kier alpha value is -2.44. The van der Waals surface area contributed by atoms with Crippen LogP contribution in [0.2, 0.25) is 0 Å². The summed E-state index contributed by atoms with van der Waals surface area (Å²) in [4.78, 5) is 5.09. The maximum atomic E-state index is 13.4. The lowest BCUT2D eigenvalue weighted by Crippen LogP contribution is -2.35. The second kappa shape index (κ2) is 7.53. The van der Waals surface area contributed by atoms with Crippen LogP contribution in [-0.4, -0.2) is 25.1 Å². The van der Waals surface area contributed by atoms with Crippen LogP contribution in [0, 0.1) is 6.92 Å². The molecule has 0 aromatic heterocycles. The summed E-state index contributed by atoms with van der Waals surface area (Å²) in [6.07, 6.45) is 0. The lowest BCUT2D eigenvalue weighted by Gasteiger charge is -2.21. The van der Waals surface area contributed by atoms with Gasteiger partial charge in [-0.1, -0.05) is 82.2 Å². The Morgan fingerprint density at radius 1 is 0.929 bits per heavy atom. The van der Waals surface area contributed by atoms with Crippen LogP contribution in [0.4, 0.5) is 0 Å². The average Bonchev–Trinajstić information content (AvgIpc) is 3.15. The molecule has 0 aliphatic carbocycles. The highest BCUT2D eigenvalue weighted by molar-refractivity contribution is 9.10. The molecular formula is C22H19BrN2O2S. The molecule has 142 valence electrons. The van der Waals surface area contributed by atoms with Crippen LogP contribution in [0.3, 0.4) is 0 Å². The average molecular weight is 455 g/mol. The zero-order valence-electron chi connectivity index (χ0n) is 15.3. The van der Waals surface area contributed by atoms with E-state index >= 15 is 0 Å². The summed E-state index contributed by atoms with van der Waals surface area (Å²) in [7, 11) is -3.72. The van der Waals surface area contributed by atoms with Gasteiger partial charge in [0.15, 0.2) is 0 Å². The molecule has 0 radical (unpaired) electrons. The first-order chi connectivity index (χ1) is 13.5. The van der Waals surface area contributed by atoms with Crippen molar-refractivity contribution in [3.05, 3.63) is 100 Å². The number of nitrogens with zero attached hydrogens (tertiary/aromatic N) is 2. The number of hydrogen-bond acceptors (Lipinski definition) is 3. The van der Waals surface area contributed by atoms with E-state index in [0.717, 1.165) is 21.2 Å². The Kier molecular flexibility index (Phi) is 5.08. The number of halogens is 1. The van der Waals surface area contributed by atoms with Gasteiger partial charge in [0.2, 0.25) is 0 Å². The zero-order chi connectivity index (χ0) is 19.7. The number of benzene rings is 3. The zero-order valence-corrected chi connectivity index (χ0v) is 17.7. The van der Waals surface area contributed by atoms with Crippen molar-refractivity contribution in [1.29, 1.82) is 0 Å². The van der Waals surface area contributed by atoms with E-state index in [1.54, 1.807) is 12.1 Å². The fourth-order valence-corrected chi connectivity index (χ4v) is 5.27. The van der Waals surface area contributed by atoms with Crippen LogP contribution in [0.15, 0.2) is 93.2 Å². The second-order valence-corrected chi connectivity index (χ2v) is 9.42. The maximum Gasteiger partial charge on any atom is 0.265 e. The topological polar surface area (TPSA) is 49.7 Å². The lowest BCUT2D eigenvalue weighted by atomic mass is 10.1. The number of aliphatic imine (C=N–C) groups is 1. The standard InChI is InChI=1S/C22H19BrN2O2S/c1-16-11-13-18(14-12-16)28(26,27)25-15-21(19-9-5-6-10-20(19)23)24-22(25)17-7-3-2-4-8-17/h2-14,21H,15H2,1H3. The van der Waals surface area contributed by atoms with Gasteiger partial charge in [-0.2, -0.15) is 0 Å². The van der Waals surface area contributed by atoms with E-state index in [0.29, 0.717) is 5.84 Å². The summed E-state index contributed by atoms with van der Waals surface area (Å²) >= 11 is 3.57. The van der Waals surface area contributed by atoms with Crippen LogP contribution in [-0.2, 0) is 10.0 Å². The summed E-state index contributed by atoms with van der Waals surface area (Å²) in [6.45, 7) is 2.20. The highest BCUT2D eigenvalue weighted by atomic mass is 79.9. The van der Waals surface area contributed by atoms with Crippen LogP contribution in [0.25, 0.3) is 0 Å². The molecule has 6 heteroatoms. The fourth-order valence-electron chi connectivity index (χ4n) is 3.26. The molecule has 0 N–H and O–H groups in total. The molecule has 3 aromatic carbocycles. The van der Waals surface area contributed by atoms with Crippen molar-refractivity contribution >= 4 is 31.8 Å². The van der Waals surface area contributed by atoms with Gasteiger partial charge >= 0.3 is 0 Å². The molecule has 0 amide bonds. The van der Waals surface area contributed by atoms with Gasteiger partial charge in [-0.05, 0) is 30.7 Å². The van der Waals surface area contributed by atoms with E-state index in [4.69, 9.17) is 4.99 Å². The van der Waals surface area contributed by atoms with Gasteiger partial charge in [0.25, 0.3) is 10.0 Å². The van der Waals surface area contributed by atoms with Crippen LogP contribution in [0.1, 0.15) is 22.7 Å². The second-order valence-electron chi connectivity index (χ2n) is 6.71. The molecule has 1 aliphatic rings. The Morgan fingerprint density at radius 2 is 1.57 bits per heavy atom. The quantitative estimate of drug-likeness (QED) is 0.559. The van der Waals surface area contributed by atoms with Crippen molar-refractivity contribution in [3.8, 4) is 0 Å². The third-order valence-corrected chi connectivity index (χ3v) is 7.25. The largest absolute Gasteiger partial charge is 0.265 e. The monoisotopic (exact) mass is 454 g/mol. The van der Waals surface area contributed by atoms with E-state index in [1.807, 2.05) is 73.7 Å². The van der Waals surface area contributed by atoms with Crippen molar-refractivity contribution in [2.75, 3.05) is 6.54 Å². The first kappa shape index (κ1) is 18.9. The van der Waals surface area contributed by atoms with E-state index in [9.17, 15) is 8.42 Å². The summed E-state index contributed by atoms with van der Waals surface area (Å²) in [5.74, 6) is 0.474. The van der Waals surface area contributed by atoms with Crippen LogP contribution < -0.4 is 0 Å². The minimum atomic E-state index is -3.72. The Bertz CT molecular complexity index is 1130. The van der Waals surface area contributed by atoms with E-state index in [-0.39, 0.29) is 17.5 Å². The summed E-state index contributed by atoms with van der Waals surface area (Å²) < 4.78 is 29.2. The highest BCUT2D eigenvalue weighted by Gasteiger charge is 2.36. The number of aryl methyl sites for hydroxylation is 1. The molecule has 0 bridgehead atoms. The van der Waals surface area contributed by atoms with Gasteiger partial charge < -0.3 is 0 Å². The number of rotatable bonds is 4. The molecule has 0 fully saturated rings. The van der Waals surface area contributed by atoms with Crippen molar-refractivity contribution in [2.24, 2.45) is 4.99 Å². The number of hydrogen-bond donors (Lipinski definition) is 0. The fraction of sp³-hybridized carbons (Fsp3) is 0.136. The summed E-state index contributed by atoms with van der Waals surface area (Å²) in [6, 6.07) is 23.9.